The summed E-state index contributed by atoms with van der Waals surface area (Å²) >= 11 is 0. The molecule has 0 spiro atoms. The van der Waals surface area contributed by atoms with E-state index < -0.39 is 0 Å². The van der Waals surface area contributed by atoms with Crippen molar-refractivity contribution in [3.8, 4) is 17.2 Å². The summed E-state index contributed by atoms with van der Waals surface area (Å²) in [6.45, 7) is 5.73. The highest BCUT2D eigenvalue weighted by atomic mass is 16.5. The first kappa shape index (κ1) is 16.6. The van der Waals surface area contributed by atoms with Crippen LogP contribution in [-0.2, 0) is 0 Å². The highest BCUT2D eigenvalue weighted by Crippen LogP contribution is 2.39. The number of rotatable bonds is 8. The lowest BCUT2D eigenvalue weighted by Gasteiger charge is -2.21. The summed E-state index contributed by atoms with van der Waals surface area (Å²) < 4.78 is 16.1. The van der Waals surface area contributed by atoms with E-state index in [1.165, 1.54) is 0 Å². The van der Waals surface area contributed by atoms with E-state index in [1.807, 2.05) is 12.1 Å². The van der Waals surface area contributed by atoms with Gasteiger partial charge in [-0.3, -0.25) is 0 Å². The van der Waals surface area contributed by atoms with Crippen molar-refractivity contribution < 1.29 is 14.2 Å². The van der Waals surface area contributed by atoms with Crippen molar-refractivity contribution in [1.29, 1.82) is 0 Å². The van der Waals surface area contributed by atoms with Gasteiger partial charge in [0.1, 0.15) is 0 Å². The summed E-state index contributed by atoms with van der Waals surface area (Å²) in [4.78, 5) is 0. The molecule has 5 nitrogen and oxygen atoms in total. The number of methoxy groups -OCH3 is 3. The van der Waals surface area contributed by atoms with E-state index in [9.17, 15) is 0 Å². The van der Waals surface area contributed by atoms with E-state index in [1.54, 1.807) is 21.3 Å². The topological polar surface area (TPSA) is 65.7 Å². The largest absolute Gasteiger partial charge is 0.493 e. The molecule has 0 bridgehead atoms. The first-order chi connectivity index (χ1) is 9.57. The molecule has 0 radical (unpaired) electrons. The second-order valence-corrected chi connectivity index (χ2v) is 5.05. The van der Waals surface area contributed by atoms with Crippen LogP contribution in [0.4, 0.5) is 0 Å². The molecule has 1 atom stereocenters. The third-order valence-corrected chi connectivity index (χ3v) is 3.10. The minimum Gasteiger partial charge on any atom is -0.493 e. The average molecular weight is 282 g/mol. The van der Waals surface area contributed by atoms with Crippen LogP contribution in [-0.4, -0.2) is 34.4 Å². The standard InChI is InChI=1S/C15H26N2O3/c1-10(2)9-17-12(8-16)11-6-13(18-3)15(20-5)14(7-11)19-4/h6-7,10,12,17H,8-9,16H2,1-5H3. The fraction of sp³-hybridized carbons (Fsp3) is 0.600. The average Bonchev–Trinajstić information content (AvgIpc) is 2.46. The molecule has 0 heterocycles. The van der Waals surface area contributed by atoms with Crippen molar-refractivity contribution >= 4 is 0 Å². The van der Waals surface area contributed by atoms with Gasteiger partial charge in [-0.15, -0.1) is 0 Å². The number of ether oxygens (including phenoxy) is 3. The van der Waals surface area contributed by atoms with E-state index >= 15 is 0 Å². The molecule has 1 rings (SSSR count). The Morgan fingerprint density at radius 2 is 1.60 bits per heavy atom. The van der Waals surface area contributed by atoms with Crippen LogP contribution in [0, 0.1) is 5.92 Å². The lowest BCUT2D eigenvalue weighted by molar-refractivity contribution is 0.323. The van der Waals surface area contributed by atoms with Crippen LogP contribution in [0.25, 0.3) is 0 Å². The molecule has 3 N–H and O–H groups in total. The van der Waals surface area contributed by atoms with Gasteiger partial charge in [-0.1, -0.05) is 13.8 Å². The normalized spacial score (nSPS) is 12.3. The summed E-state index contributed by atoms with van der Waals surface area (Å²) in [5, 5.41) is 3.45. The quantitative estimate of drug-likeness (QED) is 0.763. The maximum atomic E-state index is 5.87. The van der Waals surface area contributed by atoms with Gasteiger partial charge in [0.2, 0.25) is 5.75 Å². The van der Waals surface area contributed by atoms with Gasteiger partial charge >= 0.3 is 0 Å². The highest BCUT2D eigenvalue weighted by Gasteiger charge is 2.17. The lowest BCUT2D eigenvalue weighted by Crippen LogP contribution is -2.31. The molecule has 114 valence electrons. The molecule has 1 unspecified atom stereocenters. The third kappa shape index (κ3) is 4.02. The molecule has 0 aliphatic heterocycles. The molecule has 0 saturated carbocycles. The van der Waals surface area contributed by atoms with Crippen LogP contribution in [0.1, 0.15) is 25.5 Å². The van der Waals surface area contributed by atoms with Crippen molar-refractivity contribution in [2.24, 2.45) is 11.7 Å². The number of nitrogens with two attached hydrogens (primary N) is 1. The predicted octanol–water partition coefficient (Wildman–Crippen LogP) is 1.96. The zero-order chi connectivity index (χ0) is 15.1. The van der Waals surface area contributed by atoms with E-state index in [0.29, 0.717) is 29.7 Å². The monoisotopic (exact) mass is 282 g/mol. The molecule has 5 heteroatoms. The van der Waals surface area contributed by atoms with Gasteiger partial charge in [0, 0.05) is 12.6 Å². The molecule has 0 fully saturated rings. The second-order valence-electron chi connectivity index (χ2n) is 5.05. The fourth-order valence-electron chi connectivity index (χ4n) is 2.02. The van der Waals surface area contributed by atoms with Gasteiger partial charge in [0.15, 0.2) is 11.5 Å². The molecule has 0 aromatic heterocycles. The summed E-state index contributed by atoms with van der Waals surface area (Å²) in [6.07, 6.45) is 0. The Kier molecular flexibility index (Phi) is 6.61. The molecule has 0 saturated heterocycles. The molecular weight excluding hydrogens is 256 g/mol. The predicted molar refractivity (Wildman–Crippen MR) is 80.7 cm³/mol. The highest BCUT2D eigenvalue weighted by molar-refractivity contribution is 5.54. The summed E-state index contributed by atoms with van der Waals surface area (Å²) in [6, 6.07) is 3.93. The van der Waals surface area contributed by atoms with Gasteiger partial charge in [-0.2, -0.15) is 0 Å². The first-order valence-corrected chi connectivity index (χ1v) is 6.80. The SMILES string of the molecule is COc1cc(C(CN)NCC(C)C)cc(OC)c1OC. The van der Waals surface area contributed by atoms with Crippen LogP contribution >= 0.6 is 0 Å². The summed E-state index contributed by atoms with van der Waals surface area (Å²) in [7, 11) is 4.82. The van der Waals surface area contributed by atoms with E-state index in [4.69, 9.17) is 19.9 Å². The second kappa shape index (κ2) is 7.97. The minimum atomic E-state index is 0.0612. The Balaban J connectivity index is 3.09. The van der Waals surface area contributed by atoms with Crippen LogP contribution in [0.15, 0.2) is 12.1 Å². The zero-order valence-electron chi connectivity index (χ0n) is 13.0. The molecule has 0 aliphatic rings. The van der Waals surface area contributed by atoms with Crippen molar-refractivity contribution in [1.82, 2.24) is 5.32 Å². The molecular formula is C15H26N2O3. The van der Waals surface area contributed by atoms with Crippen LogP contribution in [0.5, 0.6) is 17.2 Å². The molecule has 0 aliphatic carbocycles. The Morgan fingerprint density at radius 3 is 1.95 bits per heavy atom. The number of hydrogen-bond acceptors (Lipinski definition) is 5. The smallest absolute Gasteiger partial charge is 0.203 e. The van der Waals surface area contributed by atoms with Crippen molar-refractivity contribution in [3.63, 3.8) is 0 Å². The number of benzene rings is 1. The number of hydrogen-bond donors (Lipinski definition) is 2. The summed E-state index contributed by atoms with van der Waals surface area (Å²) in [5.41, 5.74) is 6.90. The molecule has 1 aromatic carbocycles. The van der Waals surface area contributed by atoms with Gasteiger partial charge in [-0.25, -0.2) is 0 Å². The van der Waals surface area contributed by atoms with Crippen LogP contribution in [0.2, 0.25) is 0 Å². The van der Waals surface area contributed by atoms with Crippen LogP contribution in [0.3, 0.4) is 0 Å². The Hall–Kier alpha value is -1.46. The van der Waals surface area contributed by atoms with Crippen LogP contribution < -0.4 is 25.3 Å². The first-order valence-electron chi connectivity index (χ1n) is 6.80. The van der Waals surface area contributed by atoms with Crippen molar-refractivity contribution in [2.75, 3.05) is 34.4 Å². The van der Waals surface area contributed by atoms with Gasteiger partial charge in [0.05, 0.1) is 21.3 Å². The third-order valence-electron chi connectivity index (χ3n) is 3.10. The Morgan fingerprint density at radius 1 is 1.05 bits per heavy atom. The Labute approximate surface area is 121 Å². The summed E-state index contributed by atoms with van der Waals surface area (Å²) in [5.74, 6) is 2.45. The van der Waals surface area contributed by atoms with Gasteiger partial charge in [-0.05, 0) is 30.2 Å². The zero-order valence-corrected chi connectivity index (χ0v) is 13.0. The van der Waals surface area contributed by atoms with E-state index in [-0.39, 0.29) is 6.04 Å². The van der Waals surface area contributed by atoms with Crippen molar-refractivity contribution in [3.05, 3.63) is 17.7 Å². The maximum absolute atomic E-state index is 5.87. The fourth-order valence-corrected chi connectivity index (χ4v) is 2.02. The van der Waals surface area contributed by atoms with E-state index in [0.717, 1.165) is 12.1 Å². The number of nitrogens with one attached hydrogen (secondary N) is 1. The Bertz CT molecular complexity index is 397. The molecule has 20 heavy (non-hydrogen) atoms. The van der Waals surface area contributed by atoms with Crippen molar-refractivity contribution in [2.45, 2.75) is 19.9 Å². The minimum absolute atomic E-state index is 0.0612. The molecule has 0 amide bonds. The van der Waals surface area contributed by atoms with Gasteiger partial charge < -0.3 is 25.3 Å². The van der Waals surface area contributed by atoms with Gasteiger partial charge in [0.25, 0.3) is 0 Å². The lowest BCUT2D eigenvalue weighted by atomic mass is 10.0. The van der Waals surface area contributed by atoms with E-state index in [2.05, 4.69) is 19.2 Å². The molecule has 1 aromatic rings. The maximum Gasteiger partial charge on any atom is 0.203 e.